The molecular formula is C18H30N2. The Hall–Kier alpha value is -1.02. The topological polar surface area (TPSA) is 15.3 Å². The largest absolute Gasteiger partial charge is 0.372 e. The van der Waals surface area contributed by atoms with Gasteiger partial charge in [0.15, 0.2) is 0 Å². The van der Waals surface area contributed by atoms with E-state index in [1.807, 2.05) is 0 Å². The van der Waals surface area contributed by atoms with Crippen molar-refractivity contribution in [1.82, 2.24) is 5.32 Å². The van der Waals surface area contributed by atoms with Crippen molar-refractivity contribution in [2.45, 2.75) is 52.0 Å². The molecule has 1 unspecified atom stereocenters. The molecule has 2 rings (SSSR count). The molecule has 112 valence electrons. The zero-order valence-electron chi connectivity index (χ0n) is 13.7. The normalized spacial score (nSPS) is 19.1. The average Bonchev–Trinajstić information content (AvgIpc) is 2.46. The van der Waals surface area contributed by atoms with Crippen LogP contribution in [-0.2, 0) is 5.41 Å². The van der Waals surface area contributed by atoms with Crippen molar-refractivity contribution in [3.8, 4) is 0 Å². The molecule has 1 aliphatic heterocycles. The molecule has 1 aromatic carbocycles. The summed E-state index contributed by atoms with van der Waals surface area (Å²) >= 11 is 0. The molecule has 0 radical (unpaired) electrons. The smallest absolute Gasteiger partial charge is 0.0366 e. The van der Waals surface area contributed by atoms with Gasteiger partial charge in [-0.15, -0.1) is 0 Å². The maximum atomic E-state index is 3.39. The Morgan fingerprint density at radius 3 is 2.10 bits per heavy atom. The third-order valence-electron chi connectivity index (χ3n) is 4.80. The summed E-state index contributed by atoms with van der Waals surface area (Å²) in [6.07, 6.45) is 2.59. The lowest BCUT2D eigenvalue weighted by molar-refractivity contribution is 0.323. The van der Waals surface area contributed by atoms with Gasteiger partial charge in [0, 0.05) is 24.8 Å². The standard InChI is InChI=1S/C18H30N2/c1-14(19-5)15-10-12-20(13-11-15)17-8-6-16(7-9-17)18(2,3)4/h6-9,14-15,19H,10-13H2,1-5H3. The summed E-state index contributed by atoms with van der Waals surface area (Å²) in [7, 11) is 2.07. The molecular weight excluding hydrogens is 244 g/mol. The Morgan fingerprint density at radius 2 is 1.65 bits per heavy atom. The molecule has 1 aliphatic rings. The van der Waals surface area contributed by atoms with E-state index in [1.54, 1.807) is 0 Å². The minimum atomic E-state index is 0.244. The molecule has 0 amide bonds. The molecule has 1 fully saturated rings. The van der Waals surface area contributed by atoms with Crippen molar-refractivity contribution >= 4 is 5.69 Å². The first-order valence-electron chi connectivity index (χ1n) is 7.94. The van der Waals surface area contributed by atoms with Crippen LogP contribution in [0.2, 0.25) is 0 Å². The highest BCUT2D eigenvalue weighted by molar-refractivity contribution is 5.48. The van der Waals surface area contributed by atoms with Gasteiger partial charge in [0.05, 0.1) is 0 Å². The van der Waals surface area contributed by atoms with Crippen LogP contribution < -0.4 is 10.2 Å². The maximum Gasteiger partial charge on any atom is 0.0366 e. The highest BCUT2D eigenvalue weighted by Crippen LogP contribution is 2.28. The Balaban J connectivity index is 1.97. The van der Waals surface area contributed by atoms with Gasteiger partial charge in [0.2, 0.25) is 0 Å². The van der Waals surface area contributed by atoms with E-state index < -0.39 is 0 Å². The van der Waals surface area contributed by atoms with Gasteiger partial charge in [-0.3, -0.25) is 0 Å². The molecule has 1 aromatic rings. The van der Waals surface area contributed by atoms with Crippen molar-refractivity contribution in [2.24, 2.45) is 5.92 Å². The second kappa shape index (κ2) is 6.17. The summed E-state index contributed by atoms with van der Waals surface area (Å²) in [6, 6.07) is 9.81. The molecule has 0 aliphatic carbocycles. The Bertz CT molecular complexity index is 408. The van der Waals surface area contributed by atoms with Crippen molar-refractivity contribution < 1.29 is 0 Å². The molecule has 1 N–H and O–H groups in total. The zero-order valence-corrected chi connectivity index (χ0v) is 13.7. The first kappa shape index (κ1) is 15.4. The summed E-state index contributed by atoms with van der Waals surface area (Å²) < 4.78 is 0. The van der Waals surface area contributed by atoms with Crippen LogP contribution >= 0.6 is 0 Å². The van der Waals surface area contributed by atoms with Gasteiger partial charge in [-0.05, 0) is 55.8 Å². The van der Waals surface area contributed by atoms with E-state index in [1.165, 1.54) is 37.2 Å². The zero-order chi connectivity index (χ0) is 14.8. The molecule has 1 heterocycles. The first-order chi connectivity index (χ1) is 9.41. The Morgan fingerprint density at radius 1 is 1.10 bits per heavy atom. The van der Waals surface area contributed by atoms with Crippen molar-refractivity contribution in [3.63, 3.8) is 0 Å². The van der Waals surface area contributed by atoms with Crippen LogP contribution in [0, 0.1) is 5.92 Å². The lowest BCUT2D eigenvalue weighted by atomic mass is 9.86. The molecule has 0 spiro atoms. The lowest BCUT2D eigenvalue weighted by Gasteiger charge is -2.36. The number of hydrogen-bond donors (Lipinski definition) is 1. The van der Waals surface area contributed by atoms with E-state index in [0.29, 0.717) is 6.04 Å². The van der Waals surface area contributed by atoms with Crippen LogP contribution in [0.1, 0.15) is 46.1 Å². The molecule has 2 heteroatoms. The van der Waals surface area contributed by atoms with Gasteiger partial charge in [0.1, 0.15) is 0 Å². The van der Waals surface area contributed by atoms with Crippen LogP contribution in [0.3, 0.4) is 0 Å². The molecule has 0 saturated carbocycles. The summed E-state index contributed by atoms with van der Waals surface area (Å²) in [4.78, 5) is 2.53. The first-order valence-corrected chi connectivity index (χ1v) is 7.94. The SMILES string of the molecule is CNC(C)C1CCN(c2ccc(C(C)(C)C)cc2)CC1. The Kier molecular flexibility index (Phi) is 4.74. The van der Waals surface area contributed by atoms with Gasteiger partial charge in [0.25, 0.3) is 0 Å². The average molecular weight is 274 g/mol. The third kappa shape index (κ3) is 3.54. The fraction of sp³-hybridized carbons (Fsp3) is 0.667. The minimum Gasteiger partial charge on any atom is -0.372 e. The van der Waals surface area contributed by atoms with Gasteiger partial charge in [-0.2, -0.15) is 0 Å². The summed E-state index contributed by atoms with van der Waals surface area (Å²) in [6.45, 7) is 11.5. The van der Waals surface area contributed by atoms with Gasteiger partial charge < -0.3 is 10.2 Å². The van der Waals surface area contributed by atoms with Crippen LogP contribution in [0.4, 0.5) is 5.69 Å². The molecule has 20 heavy (non-hydrogen) atoms. The predicted octanol–water partition coefficient (Wildman–Crippen LogP) is 3.81. The number of nitrogens with one attached hydrogen (secondary N) is 1. The Labute approximate surface area is 124 Å². The number of nitrogens with zero attached hydrogens (tertiary/aromatic N) is 1. The lowest BCUT2D eigenvalue weighted by Crippen LogP contribution is -2.40. The van der Waals surface area contributed by atoms with E-state index in [-0.39, 0.29) is 5.41 Å². The second-order valence-electron chi connectivity index (χ2n) is 7.20. The quantitative estimate of drug-likeness (QED) is 0.901. The number of anilines is 1. The molecule has 1 atom stereocenters. The summed E-state index contributed by atoms with van der Waals surface area (Å²) in [5, 5.41) is 3.39. The van der Waals surface area contributed by atoms with Gasteiger partial charge in [-0.1, -0.05) is 32.9 Å². The van der Waals surface area contributed by atoms with Crippen molar-refractivity contribution in [2.75, 3.05) is 25.0 Å². The molecule has 0 aromatic heterocycles. The van der Waals surface area contributed by atoms with Crippen LogP contribution in [-0.4, -0.2) is 26.2 Å². The van der Waals surface area contributed by atoms with Gasteiger partial charge in [-0.25, -0.2) is 0 Å². The summed E-state index contributed by atoms with van der Waals surface area (Å²) in [5.41, 5.74) is 3.04. The monoisotopic (exact) mass is 274 g/mol. The highest BCUT2D eigenvalue weighted by atomic mass is 15.1. The molecule has 2 nitrogen and oxygen atoms in total. The maximum absolute atomic E-state index is 3.39. The third-order valence-corrected chi connectivity index (χ3v) is 4.80. The van der Waals surface area contributed by atoms with E-state index in [0.717, 1.165) is 5.92 Å². The van der Waals surface area contributed by atoms with E-state index in [9.17, 15) is 0 Å². The van der Waals surface area contributed by atoms with E-state index >= 15 is 0 Å². The summed E-state index contributed by atoms with van der Waals surface area (Å²) in [5.74, 6) is 0.824. The minimum absolute atomic E-state index is 0.244. The van der Waals surface area contributed by atoms with Crippen molar-refractivity contribution in [3.05, 3.63) is 29.8 Å². The van der Waals surface area contributed by atoms with E-state index in [2.05, 4.69) is 69.2 Å². The molecule has 1 saturated heterocycles. The number of rotatable bonds is 3. The second-order valence-corrected chi connectivity index (χ2v) is 7.20. The van der Waals surface area contributed by atoms with Crippen LogP contribution in [0.25, 0.3) is 0 Å². The predicted molar refractivity (Wildman–Crippen MR) is 88.6 cm³/mol. The molecule has 0 bridgehead atoms. The van der Waals surface area contributed by atoms with Crippen molar-refractivity contribution in [1.29, 1.82) is 0 Å². The highest BCUT2D eigenvalue weighted by Gasteiger charge is 2.23. The van der Waals surface area contributed by atoms with Crippen LogP contribution in [0.15, 0.2) is 24.3 Å². The number of hydrogen-bond acceptors (Lipinski definition) is 2. The fourth-order valence-electron chi connectivity index (χ4n) is 3.07. The number of benzene rings is 1. The van der Waals surface area contributed by atoms with Gasteiger partial charge >= 0.3 is 0 Å². The van der Waals surface area contributed by atoms with Crippen LogP contribution in [0.5, 0.6) is 0 Å². The van der Waals surface area contributed by atoms with E-state index in [4.69, 9.17) is 0 Å². The number of piperidine rings is 1. The fourth-order valence-corrected chi connectivity index (χ4v) is 3.07.